The highest BCUT2D eigenvalue weighted by molar-refractivity contribution is 6.06. The van der Waals surface area contributed by atoms with Crippen LogP contribution in [-0.4, -0.2) is 28.6 Å². The van der Waals surface area contributed by atoms with Crippen LogP contribution in [0.2, 0.25) is 0 Å². The second-order valence-corrected chi connectivity index (χ2v) is 6.15. The van der Waals surface area contributed by atoms with Crippen LogP contribution < -0.4 is 10.6 Å². The van der Waals surface area contributed by atoms with Gasteiger partial charge in [-0.15, -0.1) is 0 Å². The van der Waals surface area contributed by atoms with Gasteiger partial charge in [-0.1, -0.05) is 43.7 Å². The number of rotatable bonds is 7. The first-order valence-corrected chi connectivity index (χ1v) is 8.77. The minimum absolute atomic E-state index is 0.113. The number of fused-ring (bicyclic) bond motifs is 1. The normalized spacial score (nSPS) is 10.7. The molecule has 0 aliphatic rings. The van der Waals surface area contributed by atoms with Crippen molar-refractivity contribution < 1.29 is 9.59 Å². The van der Waals surface area contributed by atoms with Gasteiger partial charge in [-0.3, -0.25) is 14.7 Å². The van der Waals surface area contributed by atoms with Crippen LogP contribution in [0.4, 0.5) is 5.69 Å². The Morgan fingerprint density at radius 1 is 1.08 bits per heavy atom. The highest BCUT2D eigenvalue weighted by Crippen LogP contribution is 2.15. The lowest BCUT2D eigenvalue weighted by Crippen LogP contribution is -2.33. The van der Waals surface area contributed by atoms with Gasteiger partial charge in [-0.05, 0) is 36.6 Å². The first kappa shape index (κ1) is 17.7. The van der Waals surface area contributed by atoms with Crippen molar-refractivity contribution in [2.24, 2.45) is 0 Å². The Balaban J connectivity index is 1.53. The molecule has 134 valence electrons. The van der Waals surface area contributed by atoms with E-state index in [1.54, 1.807) is 0 Å². The lowest BCUT2D eigenvalue weighted by atomic mass is 10.1. The fourth-order valence-electron chi connectivity index (χ4n) is 2.72. The summed E-state index contributed by atoms with van der Waals surface area (Å²) in [5.74, 6) is -0.660. The lowest BCUT2D eigenvalue weighted by molar-refractivity contribution is -0.115. The van der Waals surface area contributed by atoms with Crippen molar-refractivity contribution in [2.45, 2.75) is 26.2 Å². The minimum atomic E-state index is -0.382. The second kappa shape index (κ2) is 8.29. The molecule has 1 aromatic heterocycles. The number of benzene rings is 2. The quantitative estimate of drug-likeness (QED) is 0.611. The van der Waals surface area contributed by atoms with E-state index in [9.17, 15) is 9.59 Å². The number of hydrogen-bond acceptors (Lipinski definition) is 3. The maximum atomic E-state index is 12.2. The zero-order valence-electron chi connectivity index (χ0n) is 14.7. The summed E-state index contributed by atoms with van der Waals surface area (Å²) < 4.78 is 0. The number of H-pyrrole nitrogens is 1. The zero-order chi connectivity index (χ0) is 18.4. The maximum absolute atomic E-state index is 12.2. The molecule has 26 heavy (non-hydrogen) atoms. The first-order chi connectivity index (χ1) is 12.7. The number of aromatic amines is 1. The third-order valence-corrected chi connectivity index (χ3v) is 4.15. The summed E-state index contributed by atoms with van der Waals surface area (Å²) in [5, 5.41) is 12.9. The van der Waals surface area contributed by atoms with Gasteiger partial charge in [0.05, 0.1) is 12.1 Å². The molecule has 0 unspecified atom stereocenters. The summed E-state index contributed by atoms with van der Waals surface area (Å²) in [6.45, 7) is 2.05. The molecule has 0 spiro atoms. The molecule has 2 aromatic carbocycles. The molecular weight excluding hydrogens is 328 g/mol. The predicted molar refractivity (Wildman–Crippen MR) is 102 cm³/mol. The highest BCUT2D eigenvalue weighted by Gasteiger charge is 2.14. The van der Waals surface area contributed by atoms with Crippen LogP contribution in [0.3, 0.4) is 0 Å². The Morgan fingerprint density at radius 2 is 1.85 bits per heavy atom. The largest absolute Gasteiger partial charge is 0.342 e. The Bertz CT molecular complexity index is 900. The second-order valence-electron chi connectivity index (χ2n) is 6.15. The van der Waals surface area contributed by atoms with Gasteiger partial charge in [0.1, 0.15) is 0 Å². The molecule has 1 heterocycles. The van der Waals surface area contributed by atoms with E-state index in [1.165, 1.54) is 5.56 Å². The summed E-state index contributed by atoms with van der Waals surface area (Å²) in [4.78, 5) is 24.3. The summed E-state index contributed by atoms with van der Waals surface area (Å²) in [6, 6.07) is 15.1. The molecule has 0 saturated carbocycles. The Morgan fingerprint density at radius 3 is 2.62 bits per heavy atom. The number of aromatic nitrogens is 2. The van der Waals surface area contributed by atoms with E-state index in [2.05, 4.69) is 27.8 Å². The third-order valence-electron chi connectivity index (χ3n) is 4.15. The maximum Gasteiger partial charge on any atom is 0.272 e. The first-order valence-electron chi connectivity index (χ1n) is 8.77. The van der Waals surface area contributed by atoms with Crippen LogP contribution in [0, 0.1) is 0 Å². The summed E-state index contributed by atoms with van der Waals surface area (Å²) in [7, 11) is 0. The van der Waals surface area contributed by atoms with Gasteiger partial charge in [0.15, 0.2) is 5.69 Å². The van der Waals surface area contributed by atoms with Crippen molar-refractivity contribution in [1.82, 2.24) is 15.5 Å². The van der Waals surface area contributed by atoms with Gasteiger partial charge < -0.3 is 10.6 Å². The summed E-state index contributed by atoms with van der Waals surface area (Å²) >= 11 is 0. The molecule has 0 atom stereocenters. The number of hydrogen-bond donors (Lipinski definition) is 3. The molecule has 0 saturated heterocycles. The monoisotopic (exact) mass is 350 g/mol. The third kappa shape index (κ3) is 4.27. The summed E-state index contributed by atoms with van der Waals surface area (Å²) in [5.41, 5.74) is 3.04. The van der Waals surface area contributed by atoms with Crippen LogP contribution >= 0.6 is 0 Å². The van der Waals surface area contributed by atoms with Crippen molar-refractivity contribution in [1.29, 1.82) is 0 Å². The van der Waals surface area contributed by atoms with Crippen molar-refractivity contribution in [3.05, 3.63) is 59.8 Å². The Labute approximate surface area is 152 Å². The Kier molecular flexibility index (Phi) is 5.63. The Hall–Kier alpha value is -3.15. The molecule has 6 heteroatoms. The number of carbonyl (C=O) groups excluding carboxylic acids is 2. The fourth-order valence-corrected chi connectivity index (χ4v) is 2.72. The molecule has 3 N–H and O–H groups in total. The average molecular weight is 350 g/mol. The van der Waals surface area contributed by atoms with E-state index in [0.29, 0.717) is 0 Å². The standard InChI is InChI=1S/C20H22N4O2/c1-2-3-6-14-9-11-15(12-10-14)22-18(25)13-21-20(26)19-16-7-4-5-8-17(16)23-24-19/h4-5,7-12H,2-3,6,13H2,1H3,(H,21,26)(H,22,25)(H,23,24). The van der Waals surface area contributed by atoms with Gasteiger partial charge in [0.2, 0.25) is 5.91 Å². The average Bonchev–Trinajstić information content (AvgIpc) is 3.10. The predicted octanol–water partition coefficient (Wildman–Crippen LogP) is 3.27. The summed E-state index contributed by atoms with van der Waals surface area (Å²) in [6.07, 6.45) is 3.35. The number of anilines is 1. The van der Waals surface area contributed by atoms with Gasteiger partial charge in [-0.2, -0.15) is 5.10 Å². The number of amides is 2. The molecule has 0 aliphatic carbocycles. The molecule has 0 aliphatic heterocycles. The number of para-hydroxylation sites is 1. The molecule has 2 amide bonds. The molecule has 3 rings (SSSR count). The fraction of sp³-hybridized carbons (Fsp3) is 0.250. The minimum Gasteiger partial charge on any atom is -0.342 e. The van der Waals surface area contributed by atoms with Crippen LogP contribution in [0.1, 0.15) is 35.8 Å². The molecular formula is C20H22N4O2. The molecule has 6 nitrogen and oxygen atoms in total. The smallest absolute Gasteiger partial charge is 0.272 e. The van der Waals surface area contributed by atoms with E-state index in [1.807, 2.05) is 48.5 Å². The molecule has 0 radical (unpaired) electrons. The molecule has 0 bridgehead atoms. The van der Waals surface area contributed by atoms with Crippen LogP contribution in [0.15, 0.2) is 48.5 Å². The molecule has 3 aromatic rings. The zero-order valence-corrected chi connectivity index (χ0v) is 14.7. The number of nitrogens with one attached hydrogen (secondary N) is 3. The highest BCUT2D eigenvalue weighted by atomic mass is 16.2. The van der Waals surface area contributed by atoms with E-state index in [-0.39, 0.29) is 24.1 Å². The van der Waals surface area contributed by atoms with Crippen molar-refractivity contribution in [2.75, 3.05) is 11.9 Å². The van der Waals surface area contributed by atoms with Crippen molar-refractivity contribution in [3.8, 4) is 0 Å². The van der Waals surface area contributed by atoms with Crippen molar-refractivity contribution >= 4 is 28.4 Å². The number of unbranched alkanes of at least 4 members (excludes halogenated alkanes) is 1. The topological polar surface area (TPSA) is 86.9 Å². The van der Waals surface area contributed by atoms with Crippen LogP contribution in [-0.2, 0) is 11.2 Å². The van der Waals surface area contributed by atoms with Crippen LogP contribution in [0.5, 0.6) is 0 Å². The number of nitrogens with zero attached hydrogens (tertiary/aromatic N) is 1. The van der Waals surface area contributed by atoms with Crippen molar-refractivity contribution in [3.63, 3.8) is 0 Å². The van der Waals surface area contributed by atoms with E-state index < -0.39 is 0 Å². The van der Waals surface area contributed by atoms with E-state index >= 15 is 0 Å². The van der Waals surface area contributed by atoms with Gasteiger partial charge in [-0.25, -0.2) is 0 Å². The molecule has 0 fully saturated rings. The number of aryl methyl sites for hydroxylation is 1. The number of carbonyl (C=O) groups is 2. The van der Waals surface area contributed by atoms with Crippen LogP contribution in [0.25, 0.3) is 10.9 Å². The van der Waals surface area contributed by atoms with Gasteiger partial charge >= 0.3 is 0 Å². The van der Waals surface area contributed by atoms with E-state index in [4.69, 9.17) is 0 Å². The van der Waals surface area contributed by atoms with E-state index in [0.717, 1.165) is 35.9 Å². The SMILES string of the molecule is CCCCc1ccc(NC(=O)CNC(=O)c2n[nH]c3ccccc23)cc1. The van der Waals surface area contributed by atoms with Gasteiger partial charge in [0, 0.05) is 11.1 Å². The lowest BCUT2D eigenvalue weighted by Gasteiger charge is -2.07. The van der Waals surface area contributed by atoms with Gasteiger partial charge in [0.25, 0.3) is 5.91 Å².